The Hall–Kier alpha value is -0.520. The number of hydrogen-bond donors (Lipinski definition) is 0. The molecule has 1 rings (SSSR count). The van der Waals surface area contributed by atoms with Crippen molar-refractivity contribution < 1.29 is 0 Å². The van der Waals surface area contributed by atoms with Gasteiger partial charge in [0.05, 0.1) is 0 Å². The number of allylic oxidation sites excluding steroid dienone is 4. The highest BCUT2D eigenvalue weighted by Gasteiger charge is 2.11. The predicted molar refractivity (Wildman–Crippen MR) is 45.8 cm³/mol. The van der Waals surface area contributed by atoms with Crippen LogP contribution in [0.2, 0.25) is 0 Å². The Morgan fingerprint density at radius 2 is 2.20 bits per heavy atom. The molecule has 0 fully saturated rings. The van der Waals surface area contributed by atoms with Crippen LogP contribution < -0.4 is 0 Å². The molecule has 0 nitrogen and oxygen atoms in total. The second kappa shape index (κ2) is 3.05. The van der Waals surface area contributed by atoms with Gasteiger partial charge < -0.3 is 0 Å². The Morgan fingerprint density at radius 3 is 2.60 bits per heavy atom. The third kappa shape index (κ3) is 1.50. The van der Waals surface area contributed by atoms with E-state index in [4.69, 9.17) is 0 Å². The molecule has 0 aliphatic heterocycles. The Balaban J connectivity index is 2.70. The van der Waals surface area contributed by atoms with Gasteiger partial charge in [0, 0.05) is 0 Å². The molecule has 1 atom stereocenters. The summed E-state index contributed by atoms with van der Waals surface area (Å²) in [7, 11) is 0. The van der Waals surface area contributed by atoms with Gasteiger partial charge in [-0.2, -0.15) is 0 Å². The SMILES string of the molecule is CC(C)C1=CC=CCC1C. The van der Waals surface area contributed by atoms with E-state index in [1.54, 1.807) is 5.57 Å². The quantitative estimate of drug-likeness (QED) is 0.519. The summed E-state index contributed by atoms with van der Waals surface area (Å²) in [5.74, 6) is 1.49. The van der Waals surface area contributed by atoms with Crippen LogP contribution in [0.15, 0.2) is 23.8 Å². The number of hydrogen-bond acceptors (Lipinski definition) is 0. The van der Waals surface area contributed by atoms with Crippen molar-refractivity contribution in [1.29, 1.82) is 0 Å². The van der Waals surface area contributed by atoms with E-state index in [0.717, 1.165) is 11.8 Å². The van der Waals surface area contributed by atoms with E-state index in [0.29, 0.717) is 0 Å². The van der Waals surface area contributed by atoms with E-state index in [2.05, 4.69) is 39.0 Å². The summed E-state index contributed by atoms with van der Waals surface area (Å²) in [6.45, 7) is 6.83. The summed E-state index contributed by atoms with van der Waals surface area (Å²) in [6, 6.07) is 0. The molecular weight excluding hydrogens is 120 g/mol. The Bertz CT molecular complexity index is 161. The van der Waals surface area contributed by atoms with Gasteiger partial charge in [0.25, 0.3) is 0 Å². The van der Waals surface area contributed by atoms with Gasteiger partial charge in [-0.05, 0) is 18.3 Å². The molecular formula is C10H16. The van der Waals surface area contributed by atoms with Crippen molar-refractivity contribution in [2.24, 2.45) is 11.8 Å². The maximum absolute atomic E-state index is 2.30. The second-order valence-corrected chi connectivity index (χ2v) is 3.39. The maximum atomic E-state index is 2.30. The van der Waals surface area contributed by atoms with Crippen LogP contribution in [0.25, 0.3) is 0 Å². The summed E-state index contributed by atoms with van der Waals surface area (Å²) in [4.78, 5) is 0. The van der Waals surface area contributed by atoms with Gasteiger partial charge in [-0.15, -0.1) is 0 Å². The smallest absolute Gasteiger partial charge is 0.0191 e. The molecule has 1 aliphatic carbocycles. The average Bonchev–Trinajstić information content (AvgIpc) is 1.88. The fourth-order valence-electron chi connectivity index (χ4n) is 1.52. The van der Waals surface area contributed by atoms with Crippen LogP contribution in [-0.2, 0) is 0 Å². The molecule has 0 saturated carbocycles. The summed E-state index contributed by atoms with van der Waals surface area (Å²) >= 11 is 0. The molecule has 0 aromatic carbocycles. The zero-order valence-corrected chi connectivity index (χ0v) is 7.09. The third-order valence-electron chi connectivity index (χ3n) is 2.15. The van der Waals surface area contributed by atoms with Gasteiger partial charge in [0.1, 0.15) is 0 Å². The van der Waals surface area contributed by atoms with Crippen molar-refractivity contribution in [2.45, 2.75) is 27.2 Å². The summed E-state index contributed by atoms with van der Waals surface area (Å²) in [5.41, 5.74) is 1.60. The standard InChI is InChI=1S/C10H16/c1-8(2)10-7-5-4-6-9(10)3/h4-5,7-9H,6H2,1-3H3. The highest BCUT2D eigenvalue weighted by atomic mass is 14.2. The minimum absolute atomic E-state index is 0.722. The van der Waals surface area contributed by atoms with Crippen molar-refractivity contribution in [2.75, 3.05) is 0 Å². The molecule has 0 N–H and O–H groups in total. The molecule has 56 valence electrons. The third-order valence-corrected chi connectivity index (χ3v) is 2.15. The topological polar surface area (TPSA) is 0 Å². The first-order chi connectivity index (χ1) is 4.72. The minimum atomic E-state index is 0.722. The van der Waals surface area contributed by atoms with Gasteiger partial charge in [-0.25, -0.2) is 0 Å². The van der Waals surface area contributed by atoms with Gasteiger partial charge in [-0.3, -0.25) is 0 Å². The molecule has 10 heavy (non-hydrogen) atoms. The summed E-state index contributed by atoms with van der Waals surface area (Å²) in [5, 5.41) is 0. The van der Waals surface area contributed by atoms with Crippen LogP contribution in [0, 0.1) is 11.8 Å². The number of rotatable bonds is 1. The van der Waals surface area contributed by atoms with Crippen molar-refractivity contribution in [1.82, 2.24) is 0 Å². The molecule has 0 saturated heterocycles. The van der Waals surface area contributed by atoms with Crippen LogP contribution in [0.1, 0.15) is 27.2 Å². The molecule has 1 unspecified atom stereocenters. The van der Waals surface area contributed by atoms with E-state index in [1.807, 2.05) is 0 Å². The van der Waals surface area contributed by atoms with Gasteiger partial charge in [-0.1, -0.05) is 44.6 Å². The first-order valence-electron chi connectivity index (χ1n) is 4.08. The molecule has 0 bridgehead atoms. The largest absolute Gasteiger partial charge is 0.0840 e. The van der Waals surface area contributed by atoms with Crippen molar-refractivity contribution in [3.8, 4) is 0 Å². The average molecular weight is 136 g/mol. The lowest BCUT2D eigenvalue weighted by atomic mass is 9.86. The molecule has 0 radical (unpaired) electrons. The second-order valence-electron chi connectivity index (χ2n) is 3.39. The minimum Gasteiger partial charge on any atom is -0.0840 e. The lowest BCUT2D eigenvalue weighted by Gasteiger charge is -2.20. The van der Waals surface area contributed by atoms with Crippen LogP contribution in [0.4, 0.5) is 0 Å². The van der Waals surface area contributed by atoms with E-state index in [-0.39, 0.29) is 0 Å². The molecule has 0 heteroatoms. The summed E-state index contributed by atoms with van der Waals surface area (Å²) in [6.07, 6.45) is 7.91. The van der Waals surface area contributed by atoms with Crippen LogP contribution in [-0.4, -0.2) is 0 Å². The normalized spacial score (nSPS) is 25.2. The molecule has 0 aromatic heterocycles. The fourth-order valence-corrected chi connectivity index (χ4v) is 1.52. The van der Waals surface area contributed by atoms with Crippen LogP contribution in [0.3, 0.4) is 0 Å². The van der Waals surface area contributed by atoms with E-state index < -0.39 is 0 Å². The van der Waals surface area contributed by atoms with Crippen molar-refractivity contribution >= 4 is 0 Å². The van der Waals surface area contributed by atoms with Gasteiger partial charge in [0.2, 0.25) is 0 Å². The zero-order chi connectivity index (χ0) is 7.56. The molecule has 0 heterocycles. The van der Waals surface area contributed by atoms with Crippen LogP contribution >= 0.6 is 0 Å². The Labute approximate surface area is 63.6 Å². The monoisotopic (exact) mass is 136 g/mol. The Morgan fingerprint density at radius 1 is 1.50 bits per heavy atom. The van der Waals surface area contributed by atoms with E-state index in [9.17, 15) is 0 Å². The first kappa shape index (κ1) is 7.59. The summed E-state index contributed by atoms with van der Waals surface area (Å²) < 4.78 is 0. The fraction of sp³-hybridized carbons (Fsp3) is 0.600. The highest BCUT2D eigenvalue weighted by Crippen LogP contribution is 2.25. The highest BCUT2D eigenvalue weighted by molar-refractivity contribution is 5.21. The molecule has 0 aromatic rings. The van der Waals surface area contributed by atoms with Crippen molar-refractivity contribution in [3.63, 3.8) is 0 Å². The van der Waals surface area contributed by atoms with Gasteiger partial charge in [0.15, 0.2) is 0 Å². The molecule has 0 spiro atoms. The molecule has 1 aliphatic rings. The predicted octanol–water partition coefficient (Wildman–Crippen LogP) is 3.16. The lowest BCUT2D eigenvalue weighted by molar-refractivity contribution is 0.583. The van der Waals surface area contributed by atoms with E-state index in [1.165, 1.54) is 6.42 Å². The lowest BCUT2D eigenvalue weighted by Crippen LogP contribution is -2.06. The van der Waals surface area contributed by atoms with E-state index >= 15 is 0 Å². The van der Waals surface area contributed by atoms with Gasteiger partial charge >= 0.3 is 0 Å². The molecule has 0 amide bonds. The Kier molecular flexibility index (Phi) is 2.31. The first-order valence-corrected chi connectivity index (χ1v) is 4.08. The van der Waals surface area contributed by atoms with Crippen LogP contribution in [0.5, 0.6) is 0 Å². The zero-order valence-electron chi connectivity index (χ0n) is 7.09. The maximum Gasteiger partial charge on any atom is -0.0191 e. The van der Waals surface area contributed by atoms with Crippen molar-refractivity contribution in [3.05, 3.63) is 23.8 Å².